The van der Waals surface area contributed by atoms with E-state index < -0.39 is 0 Å². The second-order valence-electron chi connectivity index (χ2n) is 4.84. The van der Waals surface area contributed by atoms with Gasteiger partial charge in [0.05, 0.1) is 6.04 Å². The number of nitrogens with zero attached hydrogens (tertiary/aromatic N) is 1. The van der Waals surface area contributed by atoms with E-state index in [4.69, 9.17) is 10.3 Å². The Labute approximate surface area is 106 Å². The van der Waals surface area contributed by atoms with Crippen LogP contribution in [0.5, 0.6) is 0 Å². The van der Waals surface area contributed by atoms with Crippen LogP contribution in [0, 0.1) is 18.7 Å². The first-order valence-electron chi connectivity index (χ1n) is 5.97. The minimum atomic E-state index is -0.284. The van der Waals surface area contributed by atoms with Crippen molar-refractivity contribution < 1.29 is 8.91 Å². The molecule has 0 spiro atoms. The molecule has 1 atom stereocenters. The third-order valence-electron chi connectivity index (χ3n) is 3.05. The maximum Gasteiger partial charge on any atom is 0.154 e. The number of aromatic nitrogens is 1. The molecule has 0 aliphatic carbocycles. The first-order chi connectivity index (χ1) is 8.49. The normalized spacial score (nSPS) is 13.0. The van der Waals surface area contributed by atoms with Crippen molar-refractivity contribution in [1.29, 1.82) is 0 Å². The van der Waals surface area contributed by atoms with E-state index in [0.29, 0.717) is 11.5 Å². The van der Waals surface area contributed by atoms with Gasteiger partial charge in [0, 0.05) is 11.6 Å². The SMILES string of the molecule is Cc1ccc(F)cc1-c1cc(C(N)C(C)C)on1. The number of hydrogen-bond donors (Lipinski definition) is 1. The summed E-state index contributed by atoms with van der Waals surface area (Å²) in [5.74, 6) is 0.608. The lowest BCUT2D eigenvalue weighted by Crippen LogP contribution is -2.15. The molecule has 4 heteroatoms. The zero-order valence-corrected chi connectivity index (χ0v) is 10.8. The summed E-state index contributed by atoms with van der Waals surface area (Å²) < 4.78 is 18.5. The lowest BCUT2D eigenvalue weighted by Gasteiger charge is -2.10. The molecule has 0 aliphatic heterocycles. The molecule has 1 heterocycles. The van der Waals surface area contributed by atoms with Gasteiger partial charge in [-0.25, -0.2) is 4.39 Å². The number of rotatable bonds is 3. The molecule has 0 bridgehead atoms. The van der Waals surface area contributed by atoms with Crippen LogP contribution in [0.3, 0.4) is 0 Å². The Morgan fingerprint density at radius 3 is 2.67 bits per heavy atom. The summed E-state index contributed by atoms with van der Waals surface area (Å²) in [7, 11) is 0. The zero-order valence-electron chi connectivity index (χ0n) is 10.8. The molecule has 0 radical (unpaired) electrons. The molecule has 0 amide bonds. The van der Waals surface area contributed by atoms with Crippen LogP contribution >= 0.6 is 0 Å². The third-order valence-corrected chi connectivity index (χ3v) is 3.05. The van der Waals surface area contributed by atoms with Gasteiger partial charge < -0.3 is 10.3 Å². The lowest BCUT2D eigenvalue weighted by molar-refractivity contribution is 0.333. The highest BCUT2D eigenvalue weighted by molar-refractivity contribution is 5.63. The van der Waals surface area contributed by atoms with Crippen molar-refractivity contribution in [3.05, 3.63) is 41.4 Å². The van der Waals surface area contributed by atoms with Crippen molar-refractivity contribution in [3.63, 3.8) is 0 Å². The van der Waals surface area contributed by atoms with Gasteiger partial charge in [-0.1, -0.05) is 25.1 Å². The number of hydrogen-bond acceptors (Lipinski definition) is 3. The molecule has 1 aromatic carbocycles. The molecule has 1 aromatic heterocycles. The largest absolute Gasteiger partial charge is 0.359 e. The first kappa shape index (κ1) is 12.8. The third kappa shape index (κ3) is 2.43. The van der Waals surface area contributed by atoms with Crippen LogP contribution in [-0.2, 0) is 0 Å². The van der Waals surface area contributed by atoms with Crippen LogP contribution in [0.4, 0.5) is 4.39 Å². The van der Waals surface area contributed by atoms with Crippen LogP contribution in [0.15, 0.2) is 28.8 Å². The summed E-state index contributed by atoms with van der Waals surface area (Å²) in [6, 6.07) is 6.20. The summed E-state index contributed by atoms with van der Waals surface area (Å²) >= 11 is 0. The molecule has 1 unspecified atom stereocenters. The fourth-order valence-corrected chi connectivity index (χ4v) is 1.77. The van der Waals surface area contributed by atoms with Gasteiger partial charge in [-0.2, -0.15) is 0 Å². The van der Waals surface area contributed by atoms with E-state index in [1.807, 2.05) is 20.8 Å². The Kier molecular flexibility index (Phi) is 3.48. The van der Waals surface area contributed by atoms with Crippen molar-refractivity contribution in [1.82, 2.24) is 5.16 Å². The van der Waals surface area contributed by atoms with Gasteiger partial charge in [-0.15, -0.1) is 0 Å². The fraction of sp³-hybridized carbons (Fsp3) is 0.357. The lowest BCUT2D eigenvalue weighted by atomic mass is 10.0. The molecule has 2 rings (SSSR count). The highest BCUT2D eigenvalue weighted by Crippen LogP contribution is 2.27. The smallest absolute Gasteiger partial charge is 0.154 e. The van der Waals surface area contributed by atoms with E-state index in [1.54, 1.807) is 12.1 Å². The molecule has 2 N–H and O–H groups in total. The quantitative estimate of drug-likeness (QED) is 0.905. The average Bonchev–Trinajstić information content (AvgIpc) is 2.80. The van der Waals surface area contributed by atoms with E-state index in [2.05, 4.69) is 5.16 Å². The van der Waals surface area contributed by atoms with Crippen molar-refractivity contribution in [2.45, 2.75) is 26.8 Å². The summed E-state index contributed by atoms with van der Waals surface area (Å²) in [4.78, 5) is 0. The molecule has 3 nitrogen and oxygen atoms in total. The van der Waals surface area contributed by atoms with Crippen molar-refractivity contribution in [3.8, 4) is 11.3 Å². The Morgan fingerprint density at radius 2 is 2.00 bits per heavy atom. The van der Waals surface area contributed by atoms with E-state index in [-0.39, 0.29) is 17.8 Å². The maximum atomic E-state index is 13.2. The highest BCUT2D eigenvalue weighted by atomic mass is 19.1. The van der Waals surface area contributed by atoms with Crippen molar-refractivity contribution in [2.75, 3.05) is 0 Å². The van der Waals surface area contributed by atoms with E-state index in [1.165, 1.54) is 12.1 Å². The first-order valence-corrected chi connectivity index (χ1v) is 5.97. The molecular weight excluding hydrogens is 231 g/mol. The van der Waals surface area contributed by atoms with Crippen LogP contribution in [-0.4, -0.2) is 5.16 Å². The van der Waals surface area contributed by atoms with Crippen LogP contribution < -0.4 is 5.73 Å². The molecule has 0 saturated carbocycles. The monoisotopic (exact) mass is 248 g/mol. The van der Waals surface area contributed by atoms with Crippen molar-refractivity contribution >= 4 is 0 Å². The highest BCUT2D eigenvalue weighted by Gasteiger charge is 2.17. The van der Waals surface area contributed by atoms with Gasteiger partial charge in [0.25, 0.3) is 0 Å². The number of aryl methyl sites for hydroxylation is 1. The zero-order chi connectivity index (χ0) is 13.3. The van der Waals surface area contributed by atoms with E-state index >= 15 is 0 Å². The van der Waals surface area contributed by atoms with Gasteiger partial charge in [0.1, 0.15) is 11.5 Å². The molecular formula is C14H17FN2O. The molecule has 0 aliphatic rings. The summed E-state index contributed by atoms with van der Waals surface area (Å²) in [6.07, 6.45) is 0. The van der Waals surface area contributed by atoms with E-state index in [0.717, 1.165) is 11.1 Å². The van der Waals surface area contributed by atoms with Gasteiger partial charge in [-0.3, -0.25) is 0 Å². The molecule has 96 valence electrons. The predicted octanol–water partition coefficient (Wildman–Crippen LogP) is 3.44. The van der Waals surface area contributed by atoms with Crippen LogP contribution in [0.1, 0.15) is 31.2 Å². The number of nitrogens with two attached hydrogens (primary N) is 1. The van der Waals surface area contributed by atoms with Gasteiger partial charge in [0.2, 0.25) is 0 Å². The molecule has 18 heavy (non-hydrogen) atoms. The topological polar surface area (TPSA) is 52.0 Å². The standard InChI is InChI=1S/C14H17FN2O/c1-8(2)14(16)13-7-12(17-18-13)11-6-10(15)5-4-9(11)3/h4-8,14H,16H2,1-3H3. The Hall–Kier alpha value is -1.68. The molecule has 2 aromatic rings. The average molecular weight is 248 g/mol. The summed E-state index contributed by atoms with van der Waals surface area (Å²) in [5, 5.41) is 3.97. The predicted molar refractivity (Wildman–Crippen MR) is 68.4 cm³/mol. The number of benzene rings is 1. The van der Waals surface area contributed by atoms with Gasteiger partial charge in [-0.05, 0) is 30.5 Å². The number of halogens is 1. The van der Waals surface area contributed by atoms with Crippen LogP contribution in [0.2, 0.25) is 0 Å². The van der Waals surface area contributed by atoms with Gasteiger partial charge >= 0.3 is 0 Å². The maximum absolute atomic E-state index is 13.2. The summed E-state index contributed by atoms with van der Waals surface area (Å²) in [6.45, 7) is 5.94. The molecule has 0 saturated heterocycles. The Morgan fingerprint density at radius 1 is 1.28 bits per heavy atom. The minimum Gasteiger partial charge on any atom is -0.359 e. The Balaban J connectivity index is 2.38. The second-order valence-corrected chi connectivity index (χ2v) is 4.84. The molecule has 0 fully saturated rings. The van der Waals surface area contributed by atoms with Crippen molar-refractivity contribution in [2.24, 2.45) is 11.7 Å². The fourth-order valence-electron chi connectivity index (χ4n) is 1.77. The van der Waals surface area contributed by atoms with Gasteiger partial charge in [0.15, 0.2) is 5.76 Å². The summed E-state index contributed by atoms with van der Waals surface area (Å²) in [5.41, 5.74) is 8.30. The van der Waals surface area contributed by atoms with Crippen LogP contribution in [0.25, 0.3) is 11.3 Å². The minimum absolute atomic E-state index is 0.194. The Bertz CT molecular complexity index is 548. The van der Waals surface area contributed by atoms with E-state index in [9.17, 15) is 4.39 Å². The second kappa shape index (κ2) is 4.90.